The van der Waals surface area contributed by atoms with Crippen LogP contribution in [-0.4, -0.2) is 42.7 Å². The van der Waals surface area contributed by atoms with Gasteiger partial charge in [0.05, 0.1) is 40.1 Å². The fourth-order valence-corrected chi connectivity index (χ4v) is 5.41. The smallest absolute Gasteiger partial charge is 0.337 e. The van der Waals surface area contributed by atoms with Gasteiger partial charge in [0, 0.05) is 5.56 Å². The summed E-state index contributed by atoms with van der Waals surface area (Å²) in [5.74, 6) is 1.43. The van der Waals surface area contributed by atoms with Gasteiger partial charge in [0.1, 0.15) is 0 Å². The largest absolute Gasteiger partial charge is 0.493 e. The Labute approximate surface area is 198 Å². The van der Waals surface area contributed by atoms with Gasteiger partial charge in [0.2, 0.25) is 5.75 Å². The van der Waals surface area contributed by atoms with Crippen molar-refractivity contribution in [1.29, 1.82) is 0 Å². The molecular weight excluding hydrogens is 436 g/mol. The van der Waals surface area contributed by atoms with Crippen molar-refractivity contribution >= 4 is 14.3 Å². The van der Waals surface area contributed by atoms with Crippen molar-refractivity contribution in [2.24, 2.45) is 0 Å². The zero-order valence-electron chi connectivity index (χ0n) is 21.3. The van der Waals surface area contributed by atoms with Crippen LogP contribution >= 0.6 is 0 Å². The Kier molecular flexibility index (Phi) is 7.15. The molecule has 6 nitrogen and oxygen atoms in total. The van der Waals surface area contributed by atoms with Gasteiger partial charge in [-0.1, -0.05) is 26.8 Å². The molecule has 0 saturated heterocycles. The average molecular weight is 473 g/mol. The van der Waals surface area contributed by atoms with Gasteiger partial charge < -0.3 is 23.4 Å². The molecule has 1 aliphatic rings. The minimum Gasteiger partial charge on any atom is -0.493 e. The van der Waals surface area contributed by atoms with Gasteiger partial charge in [-0.25, -0.2) is 4.79 Å². The summed E-state index contributed by atoms with van der Waals surface area (Å²) < 4.78 is 29.0. The topological polar surface area (TPSA) is 63.2 Å². The molecule has 1 atom stereocenters. The Balaban J connectivity index is 2.29. The Bertz CT molecular complexity index is 1040. The molecule has 1 unspecified atom stereocenters. The number of ether oxygens (including phenoxy) is 4. The molecule has 0 bridgehead atoms. The van der Waals surface area contributed by atoms with Gasteiger partial charge in [0.25, 0.3) is 0 Å². The maximum atomic E-state index is 12.4. The normalized spacial score (nSPS) is 15.7. The first-order valence-electron chi connectivity index (χ1n) is 11.2. The number of fused-ring (bicyclic) bond motifs is 3. The summed E-state index contributed by atoms with van der Waals surface area (Å²) >= 11 is 0. The number of benzene rings is 2. The lowest BCUT2D eigenvalue weighted by Gasteiger charge is -2.39. The van der Waals surface area contributed by atoms with Crippen LogP contribution in [0.4, 0.5) is 0 Å². The van der Waals surface area contributed by atoms with Gasteiger partial charge in [-0.3, -0.25) is 0 Å². The minimum absolute atomic E-state index is 0.0520. The van der Waals surface area contributed by atoms with Crippen LogP contribution in [0.15, 0.2) is 24.3 Å². The standard InChI is InChI=1S/C26H36O6Si/c1-26(2,3)33(8,9)32-20-13-11-16-15-21(28-4)23(29-5)24(30-6)22(16)18-12-10-17(14-19(18)20)25(27)31-7/h10,12,14-15,20H,11,13H2,1-9H3. The van der Waals surface area contributed by atoms with Crippen LogP contribution in [0, 0.1) is 0 Å². The van der Waals surface area contributed by atoms with Crippen LogP contribution in [0.2, 0.25) is 18.1 Å². The van der Waals surface area contributed by atoms with E-state index in [2.05, 4.69) is 33.9 Å². The first-order valence-corrected chi connectivity index (χ1v) is 14.1. The van der Waals surface area contributed by atoms with Crippen molar-refractivity contribution in [2.45, 2.75) is 57.8 Å². The molecule has 2 aromatic carbocycles. The Hall–Kier alpha value is -2.51. The lowest BCUT2D eigenvalue weighted by atomic mass is 9.93. The second-order valence-corrected chi connectivity index (χ2v) is 14.6. The summed E-state index contributed by atoms with van der Waals surface area (Å²) in [6.07, 6.45) is 1.38. The van der Waals surface area contributed by atoms with Crippen LogP contribution < -0.4 is 14.2 Å². The highest BCUT2D eigenvalue weighted by Gasteiger charge is 2.41. The molecule has 0 aromatic heterocycles. The van der Waals surface area contributed by atoms with Crippen molar-refractivity contribution in [3.8, 4) is 28.4 Å². The first-order chi connectivity index (χ1) is 15.5. The number of hydrogen-bond acceptors (Lipinski definition) is 6. The number of hydrogen-bond donors (Lipinski definition) is 0. The number of methoxy groups -OCH3 is 4. The summed E-state index contributed by atoms with van der Waals surface area (Å²) in [7, 11) is 4.17. The number of carbonyl (C=O) groups is 1. The molecule has 3 rings (SSSR count). The third-order valence-corrected chi connectivity index (χ3v) is 11.4. The first kappa shape index (κ1) is 25.1. The molecule has 0 aliphatic heterocycles. The maximum absolute atomic E-state index is 12.4. The van der Waals surface area contributed by atoms with Gasteiger partial charge in [-0.05, 0) is 65.9 Å². The Morgan fingerprint density at radius 1 is 0.970 bits per heavy atom. The van der Waals surface area contributed by atoms with E-state index in [0.717, 1.165) is 35.1 Å². The molecule has 7 heteroatoms. The van der Waals surface area contributed by atoms with Crippen LogP contribution in [-0.2, 0) is 15.6 Å². The van der Waals surface area contributed by atoms with E-state index in [4.69, 9.17) is 23.4 Å². The summed E-state index contributed by atoms with van der Waals surface area (Å²) in [5, 5.41) is 0.0520. The minimum atomic E-state index is -2.09. The predicted molar refractivity (Wildman–Crippen MR) is 132 cm³/mol. The number of rotatable bonds is 6. The molecule has 2 aromatic rings. The van der Waals surface area contributed by atoms with Crippen molar-refractivity contribution < 1.29 is 28.2 Å². The van der Waals surface area contributed by atoms with Crippen LogP contribution in [0.3, 0.4) is 0 Å². The summed E-state index contributed by atoms with van der Waals surface area (Å²) in [6.45, 7) is 11.2. The van der Waals surface area contributed by atoms with E-state index < -0.39 is 8.32 Å². The van der Waals surface area contributed by atoms with Crippen LogP contribution in [0.25, 0.3) is 11.1 Å². The van der Waals surface area contributed by atoms with Gasteiger partial charge in [0.15, 0.2) is 19.8 Å². The highest BCUT2D eigenvalue weighted by molar-refractivity contribution is 6.74. The lowest BCUT2D eigenvalue weighted by Crippen LogP contribution is -2.42. The van der Waals surface area contributed by atoms with E-state index >= 15 is 0 Å². The number of carbonyl (C=O) groups excluding carboxylic acids is 1. The van der Waals surface area contributed by atoms with Crippen molar-refractivity contribution in [3.63, 3.8) is 0 Å². The quantitative estimate of drug-likeness (QED) is 0.370. The maximum Gasteiger partial charge on any atom is 0.337 e. The van der Waals surface area contributed by atoms with E-state index in [1.54, 1.807) is 27.4 Å². The van der Waals surface area contributed by atoms with E-state index in [1.165, 1.54) is 7.11 Å². The molecule has 1 aliphatic carbocycles. The van der Waals surface area contributed by atoms with Crippen molar-refractivity contribution in [2.75, 3.05) is 28.4 Å². The Morgan fingerprint density at radius 2 is 1.64 bits per heavy atom. The zero-order chi connectivity index (χ0) is 24.6. The van der Waals surface area contributed by atoms with Crippen molar-refractivity contribution in [1.82, 2.24) is 0 Å². The molecule has 0 heterocycles. The molecule has 0 radical (unpaired) electrons. The zero-order valence-corrected chi connectivity index (χ0v) is 22.3. The molecule has 180 valence electrons. The lowest BCUT2D eigenvalue weighted by molar-refractivity contribution is 0.0600. The number of aryl methyl sites for hydroxylation is 1. The summed E-state index contributed by atoms with van der Waals surface area (Å²) in [6, 6.07) is 7.68. The van der Waals surface area contributed by atoms with E-state index in [9.17, 15) is 4.79 Å². The molecule has 0 fully saturated rings. The third-order valence-electron chi connectivity index (χ3n) is 6.92. The van der Waals surface area contributed by atoms with E-state index in [-0.39, 0.29) is 17.1 Å². The van der Waals surface area contributed by atoms with Gasteiger partial charge in [-0.2, -0.15) is 0 Å². The second-order valence-electron chi connectivity index (χ2n) is 9.88. The van der Waals surface area contributed by atoms with E-state index in [1.807, 2.05) is 18.2 Å². The van der Waals surface area contributed by atoms with E-state index in [0.29, 0.717) is 22.8 Å². The molecule has 0 amide bonds. The molecular formula is C26H36O6Si. The molecule has 33 heavy (non-hydrogen) atoms. The van der Waals surface area contributed by atoms with Crippen LogP contribution in [0.1, 0.15) is 54.8 Å². The molecule has 0 N–H and O–H groups in total. The molecule has 0 saturated carbocycles. The highest BCUT2D eigenvalue weighted by Crippen LogP contribution is 2.52. The summed E-state index contributed by atoms with van der Waals surface area (Å²) in [4.78, 5) is 12.4. The average Bonchev–Trinajstić information content (AvgIpc) is 2.92. The third kappa shape index (κ3) is 4.61. The second kappa shape index (κ2) is 9.39. The van der Waals surface area contributed by atoms with Crippen molar-refractivity contribution in [3.05, 3.63) is 41.0 Å². The fraction of sp³-hybridized carbons (Fsp3) is 0.500. The van der Waals surface area contributed by atoms with Gasteiger partial charge >= 0.3 is 5.97 Å². The Morgan fingerprint density at radius 3 is 2.18 bits per heavy atom. The van der Waals surface area contributed by atoms with Gasteiger partial charge in [-0.15, -0.1) is 0 Å². The molecule has 0 spiro atoms. The summed E-state index contributed by atoms with van der Waals surface area (Å²) in [5.41, 5.74) is 4.48. The highest BCUT2D eigenvalue weighted by atomic mass is 28.4. The van der Waals surface area contributed by atoms with Crippen LogP contribution in [0.5, 0.6) is 17.2 Å². The number of esters is 1. The SMILES string of the molecule is COC(=O)c1ccc2c(c1)C(O[Si](C)(C)C(C)(C)C)CCc1cc(OC)c(OC)c(OC)c1-2. The fourth-order valence-electron chi connectivity index (χ4n) is 4.10. The predicted octanol–water partition coefficient (Wildman–Crippen LogP) is 6.18. The monoisotopic (exact) mass is 472 g/mol.